The van der Waals surface area contributed by atoms with Crippen molar-refractivity contribution in [2.24, 2.45) is 0 Å². The first-order chi connectivity index (χ1) is 9.65. The summed E-state index contributed by atoms with van der Waals surface area (Å²) < 4.78 is 6.75. The van der Waals surface area contributed by atoms with Gasteiger partial charge in [-0.1, -0.05) is 12.1 Å². The van der Waals surface area contributed by atoms with Crippen LogP contribution in [0.5, 0.6) is 0 Å². The predicted molar refractivity (Wildman–Crippen MR) is 71.5 cm³/mol. The second-order valence-electron chi connectivity index (χ2n) is 3.70. The topological polar surface area (TPSA) is 99.0 Å². The lowest BCUT2D eigenvalue weighted by Gasteiger charge is -2.07. The second-order valence-corrected chi connectivity index (χ2v) is 4.55. The maximum Gasteiger partial charge on any atom is 0.328 e. The van der Waals surface area contributed by atoms with Gasteiger partial charge in [-0.25, -0.2) is 4.68 Å². The molecule has 0 unspecified atom stereocenters. The quantitative estimate of drug-likeness (QED) is 0.801. The third kappa shape index (κ3) is 4.12. The van der Waals surface area contributed by atoms with Gasteiger partial charge in [0.15, 0.2) is 6.61 Å². The molecule has 1 aromatic carbocycles. The summed E-state index contributed by atoms with van der Waals surface area (Å²) >= 11 is 3.30. The van der Waals surface area contributed by atoms with E-state index in [1.54, 1.807) is 18.2 Å². The van der Waals surface area contributed by atoms with Gasteiger partial charge in [-0.15, -0.1) is 5.10 Å². The minimum atomic E-state index is -0.598. The smallest absolute Gasteiger partial charge is 0.328 e. The van der Waals surface area contributed by atoms with Gasteiger partial charge in [-0.05, 0) is 38.5 Å². The molecule has 0 saturated carbocycles. The van der Waals surface area contributed by atoms with Crippen molar-refractivity contribution in [1.82, 2.24) is 20.2 Å². The minimum Gasteiger partial charge on any atom is -0.454 e. The third-order valence-electron chi connectivity index (χ3n) is 2.19. The van der Waals surface area contributed by atoms with Crippen LogP contribution in [0.3, 0.4) is 0 Å². The van der Waals surface area contributed by atoms with E-state index in [0.29, 0.717) is 5.69 Å². The Balaban J connectivity index is 1.78. The molecule has 0 aliphatic rings. The molecule has 0 fully saturated rings. The van der Waals surface area contributed by atoms with Crippen LogP contribution < -0.4 is 5.32 Å². The molecule has 0 radical (unpaired) electrons. The fourth-order valence-corrected chi connectivity index (χ4v) is 1.71. The molecule has 0 aliphatic heterocycles. The third-order valence-corrected chi connectivity index (χ3v) is 2.89. The Morgan fingerprint density at radius 1 is 1.35 bits per heavy atom. The normalized spacial score (nSPS) is 10.1. The van der Waals surface area contributed by atoms with Gasteiger partial charge >= 0.3 is 5.97 Å². The van der Waals surface area contributed by atoms with Crippen LogP contribution in [-0.2, 0) is 20.9 Å². The number of ether oxygens (including phenoxy) is 1. The molecule has 0 spiro atoms. The molecule has 1 heterocycles. The maximum atomic E-state index is 11.6. The van der Waals surface area contributed by atoms with Gasteiger partial charge in [0.05, 0.1) is 5.69 Å². The largest absolute Gasteiger partial charge is 0.454 e. The number of hydrogen-bond acceptors (Lipinski definition) is 6. The van der Waals surface area contributed by atoms with E-state index in [0.717, 1.165) is 4.47 Å². The number of esters is 1. The summed E-state index contributed by atoms with van der Waals surface area (Å²) in [5.74, 6) is -1.03. The zero-order valence-electron chi connectivity index (χ0n) is 10.2. The standard InChI is InChI=1S/C11H10BrN5O3/c12-8-3-1-2-4-9(8)14-10(18)6-20-11(19)5-17-7-13-15-16-17/h1-4,7H,5-6H2,(H,14,18). The zero-order chi connectivity index (χ0) is 14.4. The number of rotatable bonds is 5. The minimum absolute atomic E-state index is 0.144. The van der Waals surface area contributed by atoms with Crippen molar-refractivity contribution in [3.05, 3.63) is 35.1 Å². The summed E-state index contributed by atoms with van der Waals surface area (Å²) in [5, 5.41) is 12.9. The fourth-order valence-electron chi connectivity index (χ4n) is 1.33. The maximum absolute atomic E-state index is 11.6. The molecule has 2 rings (SSSR count). The van der Waals surface area contributed by atoms with Crippen LogP contribution >= 0.6 is 15.9 Å². The first-order valence-corrected chi connectivity index (χ1v) is 6.35. The van der Waals surface area contributed by atoms with Crippen LogP contribution in [0.15, 0.2) is 35.1 Å². The molecule has 1 amide bonds. The number of benzene rings is 1. The summed E-state index contributed by atoms with van der Waals surface area (Å²) in [4.78, 5) is 23.0. The van der Waals surface area contributed by atoms with Crippen molar-refractivity contribution in [3.63, 3.8) is 0 Å². The average molecular weight is 340 g/mol. The molecule has 104 valence electrons. The number of amides is 1. The summed E-state index contributed by atoms with van der Waals surface area (Å²) in [6, 6.07) is 7.13. The molecule has 1 N–H and O–H groups in total. The van der Waals surface area contributed by atoms with Crippen LogP contribution in [0, 0.1) is 0 Å². The highest BCUT2D eigenvalue weighted by molar-refractivity contribution is 9.10. The number of nitrogens with one attached hydrogen (secondary N) is 1. The van der Waals surface area contributed by atoms with Gasteiger partial charge < -0.3 is 10.1 Å². The van der Waals surface area contributed by atoms with E-state index in [4.69, 9.17) is 4.74 Å². The SMILES string of the molecule is O=C(COC(=O)Cn1cnnn1)Nc1ccccc1Br. The molecular formula is C11H10BrN5O3. The Bertz CT molecular complexity index is 602. The van der Waals surface area contributed by atoms with Gasteiger partial charge in [0.25, 0.3) is 5.91 Å². The highest BCUT2D eigenvalue weighted by Crippen LogP contribution is 2.20. The molecule has 0 aliphatic carbocycles. The highest BCUT2D eigenvalue weighted by Gasteiger charge is 2.10. The summed E-state index contributed by atoms with van der Waals surface area (Å²) in [6.45, 7) is -0.516. The van der Waals surface area contributed by atoms with Crippen molar-refractivity contribution >= 4 is 33.5 Å². The van der Waals surface area contributed by atoms with Crippen molar-refractivity contribution < 1.29 is 14.3 Å². The van der Waals surface area contributed by atoms with Gasteiger partial charge in [-0.3, -0.25) is 9.59 Å². The molecule has 20 heavy (non-hydrogen) atoms. The fraction of sp³-hybridized carbons (Fsp3) is 0.182. The molecule has 8 nitrogen and oxygen atoms in total. The number of carbonyl (C=O) groups excluding carboxylic acids is 2. The van der Waals surface area contributed by atoms with Crippen molar-refractivity contribution in [3.8, 4) is 0 Å². The Morgan fingerprint density at radius 3 is 2.85 bits per heavy atom. The van der Waals surface area contributed by atoms with E-state index >= 15 is 0 Å². The van der Waals surface area contributed by atoms with Crippen LogP contribution in [-0.4, -0.2) is 38.7 Å². The van der Waals surface area contributed by atoms with E-state index in [9.17, 15) is 9.59 Å². The summed E-state index contributed by atoms with van der Waals surface area (Å²) in [7, 11) is 0. The number of carbonyl (C=O) groups is 2. The summed E-state index contributed by atoms with van der Waals surface area (Å²) in [6.07, 6.45) is 1.28. The number of tetrazole rings is 1. The van der Waals surface area contributed by atoms with Crippen molar-refractivity contribution in [2.75, 3.05) is 11.9 Å². The van der Waals surface area contributed by atoms with E-state index in [1.807, 2.05) is 6.07 Å². The van der Waals surface area contributed by atoms with Crippen LogP contribution in [0.2, 0.25) is 0 Å². The summed E-state index contributed by atoms with van der Waals surface area (Å²) in [5.41, 5.74) is 0.606. The van der Waals surface area contributed by atoms with Crippen molar-refractivity contribution in [2.45, 2.75) is 6.54 Å². The van der Waals surface area contributed by atoms with Gasteiger partial charge in [0.1, 0.15) is 12.9 Å². The highest BCUT2D eigenvalue weighted by atomic mass is 79.9. The monoisotopic (exact) mass is 339 g/mol. The van der Waals surface area contributed by atoms with Gasteiger partial charge in [0.2, 0.25) is 0 Å². The van der Waals surface area contributed by atoms with Crippen LogP contribution in [0.4, 0.5) is 5.69 Å². The van der Waals surface area contributed by atoms with E-state index in [-0.39, 0.29) is 13.2 Å². The van der Waals surface area contributed by atoms with Gasteiger partial charge in [0, 0.05) is 4.47 Å². The number of aromatic nitrogens is 4. The average Bonchev–Trinajstić information content (AvgIpc) is 2.92. The van der Waals surface area contributed by atoms with Crippen molar-refractivity contribution in [1.29, 1.82) is 0 Å². The molecule has 0 atom stereocenters. The molecule has 1 aromatic heterocycles. The molecular weight excluding hydrogens is 330 g/mol. The van der Waals surface area contributed by atoms with E-state index in [2.05, 4.69) is 36.8 Å². The lowest BCUT2D eigenvalue weighted by Crippen LogP contribution is -2.23. The first kappa shape index (κ1) is 14.1. The molecule has 2 aromatic rings. The predicted octanol–water partition coefficient (Wildman–Crippen LogP) is 0.617. The Hall–Kier alpha value is -2.29. The number of para-hydroxylation sites is 1. The van der Waals surface area contributed by atoms with Gasteiger partial charge in [-0.2, -0.15) is 0 Å². The first-order valence-electron chi connectivity index (χ1n) is 5.56. The number of halogens is 1. The lowest BCUT2D eigenvalue weighted by molar-refractivity contribution is -0.148. The number of nitrogens with zero attached hydrogens (tertiary/aromatic N) is 4. The zero-order valence-corrected chi connectivity index (χ0v) is 11.8. The second kappa shape index (κ2) is 6.75. The van der Waals surface area contributed by atoms with Crippen LogP contribution in [0.25, 0.3) is 0 Å². The number of hydrogen-bond donors (Lipinski definition) is 1. The molecule has 0 bridgehead atoms. The number of anilines is 1. The van der Waals surface area contributed by atoms with E-state index < -0.39 is 11.9 Å². The Kier molecular flexibility index (Phi) is 4.77. The van der Waals surface area contributed by atoms with E-state index in [1.165, 1.54) is 11.0 Å². The van der Waals surface area contributed by atoms with Crippen LogP contribution in [0.1, 0.15) is 0 Å². The molecule has 0 saturated heterocycles. The molecule has 9 heteroatoms. The lowest BCUT2D eigenvalue weighted by atomic mass is 10.3. The Morgan fingerprint density at radius 2 is 2.15 bits per heavy atom. The Labute approximate surface area is 122 Å².